The largest absolute Gasteiger partial charge is 0.372 e. The summed E-state index contributed by atoms with van der Waals surface area (Å²) >= 11 is 3.30. The lowest BCUT2D eigenvalue weighted by Gasteiger charge is -2.16. The average molecular weight is 341 g/mol. The van der Waals surface area contributed by atoms with Crippen LogP contribution in [0.25, 0.3) is 0 Å². The third-order valence-electron chi connectivity index (χ3n) is 3.52. The summed E-state index contributed by atoms with van der Waals surface area (Å²) in [6.07, 6.45) is 3.43. The van der Waals surface area contributed by atoms with E-state index in [4.69, 9.17) is 0 Å². The van der Waals surface area contributed by atoms with Gasteiger partial charge in [-0.05, 0) is 30.5 Å². The predicted molar refractivity (Wildman–Crippen MR) is 95.3 cm³/mol. The molecule has 23 heavy (non-hydrogen) atoms. The summed E-state index contributed by atoms with van der Waals surface area (Å²) in [6, 6.07) is 15.2. The van der Waals surface area contributed by atoms with Gasteiger partial charge in [0.25, 0.3) is 0 Å². The van der Waals surface area contributed by atoms with Crippen LogP contribution in [0.15, 0.2) is 70.1 Å². The van der Waals surface area contributed by atoms with E-state index >= 15 is 0 Å². The zero-order valence-electron chi connectivity index (χ0n) is 12.5. The Balaban J connectivity index is 1.64. The number of benzene rings is 2. The predicted octanol–water partition coefficient (Wildman–Crippen LogP) is 4.01. The molecule has 1 aliphatic rings. The van der Waals surface area contributed by atoms with Crippen molar-refractivity contribution in [2.24, 2.45) is 0 Å². The lowest BCUT2D eigenvalue weighted by molar-refractivity contribution is 0.0979. The van der Waals surface area contributed by atoms with E-state index in [1.807, 2.05) is 6.26 Å². The Morgan fingerprint density at radius 2 is 1.57 bits per heavy atom. The summed E-state index contributed by atoms with van der Waals surface area (Å²) in [5, 5.41) is 3.07. The maximum absolute atomic E-state index is 12.4. The van der Waals surface area contributed by atoms with Crippen molar-refractivity contribution in [1.82, 2.24) is 5.32 Å². The van der Waals surface area contributed by atoms with Gasteiger partial charge in [0.05, 0.1) is 11.6 Å². The van der Waals surface area contributed by atoms with Crippen molar-refractivity contribution in [3.05, 3.63) is 71.4 Å². The Morgan fingerprint density at radius 1 is 0.913 bits per heavy atom. The Labute approximate surface area is 143 Å². The van der Waals surface area contributed by atoms with E-state index in [9.17, 15) is 9.59 Å². The first-order valence-corrected chi connectivity index (χ1v) is 9.30. The van der Waals surface area contributed by atoms with Gasteiger partial charge < -0.3 is 5.32 Å². The molecule has 0 radical (unpaired) electrons. The van der Waals surface area contributed by atoms with Crippen LogP contribution in [0.3, 0.4) is 0 Å². The zero-order chi connectivity index (χ0) is 16.2. The van der Waals surface area contributed by atoms with Crippen molar-refractivity contribution < 1.29 is 9.59 Å². The number of allylic oxidation sites excluding steroid dienone is 2. The molecule has 0 fully saturated rings. The van der Waals surface area contributed by atoms with Crippen LogP contribution in [-0.2, 0) is 0 Å². The molecule has 116 valence electrons. The first-order chi connectivity index (χ1) is 11.2. The van der Waals surface area contributed by atoms with Crippen molar-refractivity contribution in [3.8, 4) is 0 Å². The molecule has 3 nitrogen and oxygen atoms in total. The smallest absolute Gasteiger partial charge is 0.209 e. The Bertz CT molecular complexity index is 782. The molecule has 0 amide bonds. The van der Waals surface area contributed by atoms with Crippen LogP contribution < -0.4 is 5.32 Å². The van der Waals surface area contributed by atoms with Gasteiger partial charge in [-0.25, -0.2) is 0 Å². The summed E-state index contributed by atoms with van der Waals surface area (Å²) in [6.45, 7) is 0. The third kappa shape index (κ3) is 3.51. The van der Waals surface area contributed by atoms with Crippen molar-refractivity contribution >= 4 is 35.1 Å². The fraction of sp³-hybridized carbons (Fsp3) is 0.111. The minimum absolute atomic E-state index is 0.126. The number of carbonyl (C=O) groups excluding carboxylic acids is 2. The molecule has 2 aromatic carbocycles. The minimum atomic E-state index is -0.128. The van der Waals surface area contributed by atoms with E-state index in [-0.39, 0.29) is 11.6 Å². The van der Waals surface area contributed by atoms with Crippen LogP contribution in [0.1, 0.15) is 20.7 Å². The van der Waals surface area contributed by atoms with Gasteiger partial charge in [-0.3, -0.25) is 9.59 Å². The standard InChI is InChI=1S/C18H15NO2S2/c1-22-12-6-8-13(9-7-12)23-11-19-16-10-17(20)14-4-2-3-5-15(14)18(16)21/h2-10,19H,11H2,1H3. The molecule has 3 rings (SSSR count). The van der Waals surface area contributed by atoms with Gasteiger partial charge in [-0.2, -0.15) is 0 Å². The average Bonchev–Trinajstić information content (AvgIpc) is 2.60. The van der Waals surface area contributed by atoms with Gasteiger partial charge in [0.1, 0.15) is 0 Å². The molecule has 0 bridgehead atoms. The van der Waals surface area contributed by atoms with E-state index in [0.717, 1.165) is 4.90 Å². The summed E-state index contributed by atoms with van der Waals surface area (Å²) in [4.78, 5) is 26.8. The van der Waals surface area contributed by atoms with Crippen LogP contribution in [-0.4, -0.2) is 23.7 Å². The highest BCUT2D eigenvalue weighted by Gasteiger charge is 2.24. The highest BCUT2D eigenvalue weighted by molar-refractivity contribution is 7.99. The normalized spacial score (nSPS) is 13.5. The molecule has 1 aliphatic carbocycles. The maximum Gasteiger partial charge on any atom is 0.209 e. The van der Waals surface area contributed by atoms with Gasteiger partial charge in [0.2, 0.25) is 5.78 Å². The maximum atomic E-state index is 12.4. The number of thioether (sulfide) groups is 2. The van der Waals surface area contributed by atoms with Gasteiger partial charge in [0, 0.05) is 27.0 Å². The molecule has 0 atom stereocenters. The first kappa shape index (κ1) is 15.9. The first-order valence-electron chi connectivity index (χ1n) is 7.09. The van der Waals surface area contributed by atoms with Crippen LogP contribution in [0.4, 0.5) is 0 Å². The van der Waals surface area contributed by atoms with E-state index in [1.54, 1.807) is 47.8 Å². The molecule has 0 aliphatic heterocycles. The number of carbonyl (C=O) groups is 2. The third-order valence-corrected chi connectivity index (χ3v) is 5.16. The lowest BCUT2D eigenvalue weighted by atomic mass is 9.93. The lowest BCUT2D eigenvalue weighted by Crippen LogP contribution is -2.26. The molecule has 0 heterocycles. The van der Waals surface area contributed by atoms with Crippen LogP contribution in [0, 0.1) is 0 Å². The molecule has 0 spiro atoms. The zero-order valence-corrected chi connectivity index (χ0v) is 14.2. The molecular weight excluding hydrogens is 326 g/mol. The second-order valence-electron chi connectivity index (χ2n) is 4.94. The number of fused-ring (bicyclic) bond motifs is 1. The number of Topliss-reactive ketones (excluding diaryl/α,β-unsaturated/α-hetero) is 1. The molecule has 5 heteroatoms. The number of nitrogens with one attached hydrogen (secondary N) is 1. The molecule has 2 aromatic rings. The molecule has 0 saturated heterocycles. The summed E-state index contributed by atoms with van der Waals surface area (Å²) in [5.41, 5.74) is 1.31. The van der Waals surface area contributed by atoms with E-state index < -0.39 is 0 Å². The topological polar surface area (TPSA) is 46.2 Å². The van der Waals surface area contributed by atoms with Crippen molar-refractivity contribution in [1.29, 1.82) is 0 Å². The van der Waals surface area contributed by atoms with Gasteiger partial charge >= 0.3 is 0 Å². The SMILES string of the molecule is CSc1ccc(SCNC2=CC(=O)c3ccccc3C2=O)cc1. The van der Waals surface area contributed by atoms with Crippen molar-refractivity contribution in [2.75, 3.05) is 12.1 Å². The number of ketones is 2. The van der Waals surface area contributed by atoms with Gasteiger partial charge in [-0.15, -0.1) is 23.5 Å². The van der Waals surface area contributed by atoms with Crippen LogP contribution in [0.2, 0.25) is 0 Å². The fourth-order valence-corrected chi connectivity index (χ4v) is 3.45. The Kier molecular flexibility index (Phi) is 4.88. The fourth-order valence-electron chi connectivity index (χ4n) is 2.32. The van der Waals surface area contributed by atoms with E-state index in [1.165, 1.54) is 11.0 Å². The summed E-state index contributed by atoms with van der Waals surface area (Å²) in [5.74, 6) is 0.279. The second kappa shape index (κ2) is 7.06. The van der Waals surface area contributed by atoms with Gasteiger partial charge in [0.15, 0.2) is 5.78 Å². The summed E-state index contributed by atoms with van der Waals surface area (Å²) < 4.78 is 0. The molecule has 0 unspecified atom stereocenters. The monoisotopic (exact) mass is 341 g/mol. The Hall–Kier alpha value is -1.98. The highest BCUT2D eigenvalue weighted by atomic mass is 32.2. The van der Waals surface area contributed by atoms with Crippen LogP contribution >= 0.6 is 23.5 Å². The van der Waals surface area contributed by atoms with Crippen LogP contribution in [0.5, 0.6) is 0 Å². The highest BCUT2D eigenvalue weighted by Crippen LogP contribution is 2.23. The molecule has 1 N–H and O–H groups in total. The number of hydrogen-bond donors (Lipinski definition) is 1. The molecule has 0 saturated carbocycles. The molecular formula is C18H15NO2S2. The Morgan fingerprint density at radius 3 is 2.26 bits per heavy atom. The number of rotatable bonds is 5. The van der Waals surface area contributed by atoms with Crippen molar-refractivity contribution in [3.63, 3.8) is 0 Å². The van der Waals surface area contributed by atoms with Gasteiger partial charge in [-0.1, -0.05) is 24.3 Å². The quantitative estimate of drug-likeness (QED) is 0.658. The van der Waals surface area contributed by atoms with E-state index in [2.05, 4.69) is 29.6 Å². The second-order valence-corrected chi connectivity index (χ2v) is 6.87. The van der Waals surface area contributed by atoms with Crippen molar-refractivity contribution in [2.45, 2.75) is 9.79 Å². The molecule has 0 aromatic heterocycles. The minimum Gasteiger partial charge on any atom is -0.372 e. The summed E-state index contributed by atoms with van der Waals surface area (Å²) in [7, 11) is 0. The number of hydrogen-bond acceptors (Lipinski definition) is 5. The van der Waals surface area contributed by atoms with E-state index in [0.29, 0.717) is 22.7 Å².